The van der Waals surface area contributed by atoms with E-state index in [1.54, 1.807) is 12.1 Å². The van der Waals surface area contributed by atoms with Crippen molar-refractivity contribution in [3.8, 4) is 11.5 Å². The summed E-state index contributed by atoms with van der Waals surface area (Å²) in [5.74, 6) is -0.238. The van der Waals surface area contributed by atoms with E-state index < -0.39 is 4.92 Å². The number of carbonyl (C=O) groups excluding carboxylic acids is 1. The van der Waals surface area contributed by atoms with E-state index in [2.05, 4.69) is 5.32 Å². The number of phenols is 1. The molecular formula is C16H15ClN2O5. The molecule has 2 rings (SSSR count). The zero-order valence-corrected chi connectivity index (χ0v) is 13.3. The summed E-state index contributed by atoms with van der Waals surface area (Å²) in [6, 6.07) is 10.4. The molecule has 7 nitrogen and oxygen atoms in total. The fourth-order valence-electron chi connectivity index (χ4n) is 1.97. The molecule has 0 spiro atoms. The average Bonchev–Trinajstić information content (AvgIpc) is 2.55. The van der Waals surface area contributed by atoms with Crippen molar-refractivity contribution in [1.29, 1.82) is 0 Å². The van der Waals surface area contributed by atoms with Crippen LogP contribution in [0.15, 0.2) is 42.5 Å². The number of nitro benzene ring substituents is 1. The lowest BCUT2D eigenvalue weighted by molar-refractivity contribution is -0.385. The van der Waals surface area contributed by atoms with Crippen molar-refractivity contribution >= 4 is 28.9 Å². The molecule has 0 aromatic heterocycles. The predicted molar refractivity (Wildman–Crippen MR) is 89.6 cm³/mol. The minimum Gasteiger partial charge on any atom is -0.506 e. The Hall–Kier alpha value is -2.80. The molecule has 0 saturated carbocycles. The Bertz CT molecular complexity index is 751. The molecule has 2 N–H and O–H groups in total. The molecular weight excluding hydrogens is 336 g/mol. The number of aromatic hydroxyl groups is 1. The van der Waals surface area contributed by atoms with Crippen molar-refractivity contribution < 1.29 is 19.6 Å². The van der Waals surface area contributed by atoms with E-state index in [-0.39, 0.29) is 41.8 Å². The number of benzene rings is 2. The quantitative estimate of drug-likeness (QED) is 0.342. The van der Waals surface area contributed by atoms with Crippen LogP contribution < -0.4 is 10.1 Å². The maximum Gasteiger partial charge on any atom is 0.310 e. The fourth-order valence-corrected chi connectivity index (χ4v) is 2.14. The Balaban J connectivity index is 1.81. The van der Waals surface area contributed by atoms with Gasteiger partial charge in [-0.25, -0.2) is 0 Å². The molecule has 0 bridgehead atoms. The summed E-state index contributed by atoms with van der Waals surface area (Å²) in [6.45, 7) is 0.153. The number of hydrogen-bond acceptors (Lipinski definition) is 5. The molecule has 0 aliphatic carbocycles. The number of carbonyl (C=O) groups is 1. The lowest BCUT2D eigenvalue weighted by atomic mass is 10.2. The summed E-state index contributed by atoms with van der Waals surface area (Å²) in [6.07, 6.45) is 0.492. The molecule has 0 heterocycles. The van der Waals surface area contributed by atoms with E-state index in [1.165, 1.54) is 30.3 Å². The molecule has 1 amide bonds. The molecule has 0 aliphatic heterocycles. The minimum absolute atomic E-state index is 0.0797. The van der Waals surface area contributed by atoms with Gasteiger partial charge in [0.2, 0.25) is 5.91 Å². The van der Waals surface area contributed by atoms with Crippen LogP contribution in [0.1, 0.15) is 12.8 Å². The van der Waals surface area contributed by atoms with E-state index >= 15 is 0 Å². The van der Waals surface area contributed by atoms with Crippen LogP contribution in [0.4, 0.5) is 11.4 Å². The highest BCUT2D eigenvalue weighted by Gasteiger charge is 2.13. The van der Waals surface area contributed by atoms with Crippen molar-refractivity contribution in [3.63, 3.8) is 0 Å². The fraction of sp³-hybridized carbons (Fsp3) is 0.188. The molecule has 0 fully saturated rings. The highest BCUT2D eigenvalue weighted by atomic mass is 35.5. The molecule has 2 aromatic carbocycles. The smallest absolute Gasteiger partial charge is 0.310 e. The maximum atomic E-state index is 11.8. The van der Waals surface area contributed by atoms with Crippen LogP contribution in [0.2, 0.25) is 5.02 Å². The van der Waals surface area contributed by atoms with E-state index in [0.29, 0.717) is 11.4 Å². The zero-order valence-electron chi connectivity index (χ0n) is 12.6. The summed E-state index contributed by atoms with van der Waals surface area (Å²) in [5.41, 5.74) is 0.109. The van der Waals surface area contributed by atoms with E-state index in [9.17, 15) is 20.0 Å². The standard InChI is InChI=1S/C16H15ClN2O5/c17-11-7-8-14(20)12(10-11)18-16(21)6-3-9-24-15-5-2-1-4-13(15)19(22)23/h1-2,4-5,7-8,10,20H,3,6,9H2,(H,18,21). The van der Waals surface area contributed by atoms with Gasteiger partial charge in [-0.05, 0) is 30.7 Å². The Morgan fingerprint density at radius 2 is 2.04 bits per heavy atom. The number of hydrogen-bond donors (Lipinski definition) is 2. The van der Waals surface area contributed by atoms with Gasteiger partial charge in [0.15, 0.2) is 5.75 Å². The number of nitrogens with one attached hydrogen (secondary N) is 1. The van der Waals surface area contributed by atoms with Crippen LogP contribution in [0.25, 0.3) is 0 Å². The van der Waals surface area contributed by atoms with Crippen LogP contribution in [0, 0.1) is 10.1 Å². The minimum atomic E-state index is -0.524. The first kappa shape index (κ1) is 17.6. The second kappa shape index (κ2) is 8.16. The van der Waals surface area contributed by atoms with Gasteiger partial charge < -0.3 is 15.2 Å². The van der Waals surface area contributed by atoms with Gasteiger partial charge in [0.05, 0.1) is 17.2 Å². The van der Waals surface area contributed by atoms with Gasteiger partial charge in [0.1, 0.15) is 5.75 Å². The van der Waals surface area contributed by atoms with Crippen LogP contribution in [0.5, 0.6) is 11.5 Å². The van der Waals surface area contributed by atoms with Crippen LogP contribution >= 0.6 is 11.6 Å². The van der Waals surface area contributed by atoms with Crippen molar-refractivity contribution in [2.45, 2.75) is 12.8 Å². The number of amides is 1. The number of rotatable bonds is 7. The van der Waals surface area contributed by atoms with Crippen molar-refractivity contribution in [2.75, 3.05) is 11.9 Å². The second-order valence-corrected chi connectivity index (χ2v) is 5.32. The van der Waals surface area contributed by atoms with E-state index in [0.717, 1.165) is 0 Å². The molecule has 0 saturated heterocycles. The number of anilines is 1. The largest absolute Gasteiger partial charge is 0.506 e. The van der Waals surface area contributed by atoms with Crippen LogP contribution in [0.3, 0.4) is 0 Å². The lowest BCUT2D eigenvalue weighted by Crippen LogP contribution is -2.13. The van der Waals surface area contributed by atoms with Gasteiger partial charge in [-0.3, -0.25) is 14.9 Å². The van der Waals surface area contributed by atoms with Crippen molar-refractivity contribution in [1.82, 2.24) is 0 Å². The lowest BCUT2D eigenvalue weighted by Gasteiger charge is -2.08. The third-order valence-corrected chi connectivity index (χ3v) is 3.34. The Morgan fingerprint density at radius 1 is 1.29 bits per heavy atom. The van der Waals surface area contributed by atoms with Crippen LogP contribution in [-0.2, 0) is 4.79 Å². The monoisotopic (exact) mass is 350 g/mol. The summed E-state index contributed by atoms with van der Waals surface area (Å²) >= 11 is 5.80. The molecule has 0 radical (unpaired) electrons. The highest BCUT2D eigenvalue weighted by Crippen LogP contribution is 2.27. The van der Waals surface area contributed by atoms with Crippen molar-refractivity contribution in [2.24, 2.45) is 0 Å². The number of para-hydroxylation sites is 2. The summed E-state index contributed by atoms with van der Waals surface area (Å²) in [5, 5.41) is 23.4. The SMILES string of the molecule is O=C(CCCOc1ccccc1[N+](=O)[O-])Nc1cc(Cl)ccc1O. The molecule has 24 heavy (non-hydrogen) atoms. The summed E-state index contributed by atoms with van der Waals surface area (Å²) in [4.78, 5) is 22.2. The normalized spacial score (nSPS) is 10.2. The Kier molecular flexibility index (Phi) is 5.97. The van der Waals surface area contributed by atoms with Gasteiger partial charge in [-0.2, -0.15) is 0 Å². The summed E-state index contributed by atoms with van der Waals surface area (Å²) in [7, 11) is 0. The van der Waals surface area contributed by atoms with Gasteiger partial charge in [0.25, 0.3) is 0 Å². The number of ether oxygens (including phenoxy) is 1. The van der Waals surface area contributed by atoms with Gasteiger partial charge in [-0.1, -0.05) is 23.7 Å². The maximum absolute atomic E-state index is 11.8. The van der Waals surface area contributed by atoms with E-state index in [4.69, 9.17) is 16.3 Å². The van der Waals surface area contributed by atoms with Crippen molar-refractivity contribution in [3.05, 3.63) is 57.6 Å². The number of nitro groups is 1. The van der Waals surface area contributed by atoms with Gasteiger partial charge in [0, 0.05) is 17.5 Å². The van der Waals surface area contributed by atoms with Gasteiger partial charge in [-0.15, -0.1) is 0 Å². The van der Waals surface area contributed by atoms with Gasteiger partial charge >= 0.3 is 5.69 Å². The Morgan fingerprint density at radius 3 is 2.79 bits per heavy atom. The van der Waals surface area contributed by atoms with E-state index in [1.807, 2.05) is 0 Å². The molecule has 0 aliphatic rings. The molecule has 8 heteroatoms. The average molecular weight is 351 g/mol. The summed E-state index contributed by atoms with van der Waals surface area (Å²) < 4.78 is 5.35. The molecule has 0 atom stereocenters. The molecule has 2 aromatic rings. The van der Waals surface area contributed by atoms with Crippen LogP contribution in [-0.4, -0.2) is 22.5 Å². The second-order valence-electron chi connectivity index (χ2n) is 4.89. The Labute approximate surface area is 143 Å². The highest BCUT2D eigenvalue weighted by molar-refractivity contribution is 6.31. The number of halogens is 1. The first-order valence-corrected chi connectivity index (χ1v) is 7.50. The molecule has 0 unspecified atom stereocenters. The third-order valence-electron chi connectivity index (χ3n) is 3.10. The number of phenolic OH excluding ortho intramolecular Hbond substituents is 1. The number of nitrogens with zero attached hydrogens (tertiary/aromatic N) is 1. The third kappa shape index (κ3) is 4.85. The predicted octanol–water partition coefficient (Wildman–Crippen LogP) is 3.75. The topological polar surface area (TPSA) is 102 Å². The molecule has 126 valence electrons. The zero-order chi connectivity index (χ0) is 17.5. The first-order chi connectivity index (χ1) is 11.5. The first-order valence-electron chi connectivity index (χ1n) is 7.12.